The van der Waals surface area contributed by atoms with Crippen molar-refractivity contribution < 1.29 is 12.9 Å². The molecule has 1 aromatic rings. The first-order valence-corrected chi connectivity index (χ1v) is 9.86. The predicted octanol–water partition coefficient (Wildman–Crippen LogP) is 3.04. The lowest BCUT2D eigenvalue weighted by molar-refractivity contribution is 0.372. The SMILES string of the molecule is COP(Cl)N1CCCC1CS(=O)(=O)c1ccccc1. The predicted molar refractivity (Wildman–Crippen MR) is 78.0 cm³/mol. The summed E-state index contributed by atoms with van der Waals surface area (Å²) in [5.41, 5.74) is 0. The number of benzene rings is 1. The largest absolute Gasteiger partial charge is 0.335 e. The van der Waals surface area contributed by atoms with Gasteiger partial charge in [0.2, 0.25) is 7.65 Å². The topological polar surface area (TPSA) is 46.6 Å². The third kappa shape index (κ3) is 3.67. The van der Waals surface area contributed by atoms with Crippen molar-refractivity contribution in [3.8, 4) is 0 Å². The van der Waals surface area contributed by atoms with E-state index in [4.69, 9.17) is 15.8 Å². The van der Waals surface area contributed by atoms with Crippen LogP contribution < -0.4 is 0 Å². The molecule has 1 aromatic carbocycles. The first-order valence-electron chi connectivity index (χ1n) is 6.09. The van der Waals surface area contributed by atoms with Crippen LogP contribution in [0, 0.1) is 0 Å². The molecule has 1 heterocycles. The minimum atomic E-state index is -3.26. The average Bonchev–Trinajstić information content (AvgIpc) is 2.86. The summed E-state index contributed by atoms with van der Waals surface area (Å²) >= 11 is 6.11. The fraction of sp³-hybridized carbons (Fsp3) is 0.500. The molecule has 19 heavy (non-hydrogen) atoms. The number of nitrogens with zero attached hydrogens (tertiary/aromatic N) is 1. The van der Waals surface area contributed by atoms with E-state index < -0.39 is 17.5 Å². The van der Waals surface area contributed by atoms with Crippen molar-refractivity contribution in [1.29, 1.82) is 0 Å². The van der Waals surface area contributed by atoms with Gasteiger partial charge in [-0.3, -0.25) is 0 Å². The summed E-state index contributed by atoms with van der Waals surface area (Å²) in [7, 11) is -2.91. The van der Waals surface area contributed by atoms with Crippen LogP contribution in [0.4, 0.5) is 0 Å². The summed E-state index contributed by atoms with van der Waals surface area (Å²) in [6.07, 6.45) is 1.81. The molecule has 2 rings (SSSR count). The highest BCUT2D eigenvalue weighted by Crippen LogP contribution is 2.50. The Kier molecular flexibility index (Phi) is 5.21. The van der Waals surface area contributed by atoms with Crippen molar-refractivity contribution in [1.82, 2.24) is 4.67 Å². The summed E-state index contributed by atoms with van der Waals surface area (Å²) in [5, 5.41) is 0. The summed E-state index contributed by atoms with van der Waals surface area (Å²) in [6.45, 7) is 0.804. The molecule has 0 aliphatic carbocycles. The van der Waals surface area contributed by atoms with Crippen molar-refractivity contribution in [2.75, 3.05) is 19.4 Å². The van der Waals surface area contributed by atoms with Gasteiger partial charge in [-0.2, -0.15) is 0 Å². The fourth-order valence-corrected chi connectivity index (χ4v) is 5.57. The normalized spacial score (nSPS) is 22.5. The molecule has 0 amide bonds. The summed E-state index contributed by atoms with van der Waals surface area (Å²) in [6, 6.07) is 8.51. The third-order valence-electron chi connectivity index (χ3n) is 3.21. The number of rotatable bonds is 5. The van der Waals surface area contributed by atoms with Gasteiger partial charge in [-0.05, 0) is 36.2 Å². The van der Waals surface area contributed by atoms with Crippen LogP contribution in [0.25, 0.3) is 0 Å². The van der Waals surface area contributed by atoms with Crippen LogP contribution in [0.3, 0.4) is 0 Å². The zero-order valence-electron chi connectivity index (χ0n) is 10.7. The monoisotopic (exact) mass is 321 g/mol. The van der Waals surface area contributed by atoms with Gasteiger partial charge < -0.3 is 4.52 Å². The van der Waals surface area contributed by atoms with Gasteiger partial charge in [0.05, 0.1) is 10.6 Å². The molecule has 2 unspecified atom stereocenters. The smallest absolute Gasteiger partial charge is 0.206 e. The van der Waals surface area contributed by atoms with E-state index in [9.17, 15) is 8.42 Å². The lowest BCUT2D eigenvalue weighted by atomic mass is 10.3. The second kappa shape index (κ2) is 6.51. The maximum absolute atomic E-state index is 12.3. The van der Waals surface area contributed by atoms with Gasteiger partial charge >= 0.3 is 0 Å². The molecule has 1 aliphatic rings. The third-order valence-corrected chi connectivity index (χ3v) is 7.26. The minimum Gasteiger partial charge on any atom is -0.335 e. The molecular weight excluding hydrogens is 305 g/mol. The second-order valence-electron chi connectivity index (χ2n) is 4.46. The highest BCUT2D eigenvalue weighted by atomic mass is 35.7. The van der Waals surface area contributed by atoms with Gasteiger partial charge in [0.25, 0.3) is 0 Å². The number of hydrogen-bond acceptors (Lipinski definition) is 4. The molecule has 0 spiro atoms. The molecule has 0 N–H and O–H groups in total. The molecule has 0 aromatic heterocycles. The Hall–Kier alpha value is -0.190. The summed E-state index contributed by atoms with van der Waals surface area (Å²) in [5.74, 6) is 0.103. The van der Waals surface area contributed by atoms with E-state index in [0.29, 0.717) is 4.90 Å². The summed E-state index contributed by atoms with van der Waals surface area (Å²) < 4.78 is 31.8. The Bertz CT molecular complexity index is 511. The molecule has 4 nitrogen and oxygen atoms in total. The summed E-state index contributed by atoms with van der Waals surface area (Å²) in [4.78, 5) is 0.373. The van der Waals surface area contributed by atoms with Crippen molar-refractivity contribution >= 4 is 28.7 Å². The molecule has 2 atom stereocenters. The average molecular weight is 322 g/mol. The zero-order valence-corrected chi connectivity index (χ0v) is 13.2. The quantitative estimate of drug-likeness (QED) is 0.782. The number of sulfone groups is 1. The first-order chi connectivity index (χ1) is 9.04. The van der Waals surface area contributed by atoms with E-state index in [0.717, 1.165) is 19.4 Å². The molecule has 1 saturated heterocycles. The number of halogens is 1. The molecular formula is C12H17ClNO3PS. The minimum absolute atomic E-state index is 0.0474. The van der Waals surface area contributed by atoms with Crippen LogP contribution in [-0.2, 0) is 14.4 Å². The van der Waals surface area contributed by atoms with Gasteiger partial charge in [-0.1, -0.05) is 18.2 Å². The van der Waals surface area contributed by atoms with Crippen LogP contribution in [-0.4, -0.2) is 38.5 Å². The maximum Gasteiger partial charge on any atom is 0.206 e. The second-order valence-corrected chi connectivity index (χ2v) is 8.70. The van der Waals surface area contributed by atoms with E-state index in [1.807, 2.05) is 10.7 Å². The van der Waals surface area contributed by atoms with Crippen LogP contribution in [0.2, 0.25) is 0 Å². The van der Waals surface area contributed by atoms with Crippen molar-refractivity contribution in [3.63, 3.8) is 0 Å². The first kappa shape index (κ1) is 15.2. The molecule has 1 fully saturated rings. The Morgan fingerprint density at radius 2 is 2.11 bits per heavy atom. The lowest BCUT2D eigenvalue weighted by Crippen LogP contribution is -2.31. The Morgan fingerprint density at radius 3 is 2.74 bits per heavy atom. The Morgan fingerprint density at radius 1 is 1.42 bits per heavy atom. The zero-order chi connectivity index (χ0) is 13.9. The highest BCUT2D eigenvalue weighted by Gasteiger charge is 2.34. The van der Waals surface area contributed by atoms with Crippen molar-refractivity contribution in [3.05, 3.63) is 30.3 Å². The van der Waals surface area contributed by atoms with Gasteiger partial charge in [-0.25, -0.2) is 13.1 Å². The molecule has 0 saturated carbocycles. The van der Waals surface area contributed by atoms with E-state index in [-0.39, 0.29) is 11.8 Å². The number of hydrogen-bond donors (Lipinski definition) is 0. The van der Waals surface area contributed by atoms with Gasteiger partial charge in [-0.15, -0.1) is 0 Å². The molecule has 106 valence electrons. The molecule has 1 aliphatic heterocycles. The highest BCUT2D eigenvalue weighted by molar-refractivity contribution is 7.91. The van der Waals surface area contributed by atoms with Crippen LogP contribution >= 0.6 is 18.9 Å². The molecule has 0 bridgehead atoms. The van der Waals surface area contributed by atoms with Gasteiger partial charge in [0, 0.05) is 19.7 Å². The van der Waals surface area contributed by atoms with Crippen molar-refractivity contribution in [2.45, 2.75) is 23.8 Å². The Labute approximate surface area is 120 Å². The van der Waals surface area contributed by atoms with E-state index in [2.05, 4.69) is 0 Å². The van der Waals surface area contributed by atoms with Crippen LogP contribution in [0.1, 0.15) is 12.8 Å². The van der Waals surface area contributed by atoms with Gasteiger partial charge in [0.15, 0.2) is 9.84 Å². The van der Waals surface area contributed by atoms with E-state index in [1.54, 1.807) is 31.4 Å². The molecule has 7 heteroatoms. The van der Waals surface area contributed by atoms with E-state index >= 15 is 0 Å². The van der Waals surface area contributed by atoms with E-state index in [1.165, 1.54) is 0 Å². The molecule has 0 radical (unpaired) electrons. The Balaban J connectivity index is 2.12. The fourth-order valence-electron chi connectivity index (χ4n) is 2.28. The van der Waals surface area contributed by atoms with Crippen LogP contribution in [0.5, 0.6) is 0 Å². The van der Waals surface area contributed by atoms with Gasteiger partial charge in [0.1, 0.15) is 0 Å². The van der Waals surface area contributed by atoms with Crippen molar-refractivity contribution in [2.24, 2.45) is 0 Å². The standard InChI is InChI=1S/C12H17ClNO3PS/c1-17-18(13)14-9-5-6-11(14)10-19(15,16)12-7-3-2-4-8-12/h2-4,7-8,11H,5-6,9-10H2,1H3. The van der Waals surface area contributed by atoms with Crippen LogP contribution in [0.15, 0.2) is 35.2 Å². The lowest BCUT2D eigenvalue weighted by Gasteiger charge is -2.26. The maximum atomic E-state index is 12.3.